The van der Waals surface area contributed by atoms with Crippen molar-refractivity contribution in [2.24, 2.45) is 0 Å². The van der Waals surface area contributed by atoms with Crippen LogP contribution in [0.4, 0.5) is 0 Å². The Balaban J connectivity index is 2.54. The van der Waals surface area contributed by atoms with Gasteiger partial charge < -0.3 is 4.74 Å². The summed E-state index contributed by atoms with van der Waals surface area (Å²) in [4.78, 5) is 1.25. The Morgan fingerprint density at radius 3 is 2.77 bits per heavy atom. The summed E-state index contributed by atoms with van der Waals surface area (Å²) in [5, 5.41) is 0. The first-order valence-electron chi connectivity index (χ1n) is 4.64. The summed E-state index contributed by atoms with van der Waals surface area (Å²) in [6, 6.07) is 8.17. The van der Waals surface area contributed by atoms with Crippen LogP contribution in [0.2, 0.25) is 0 Å². The zero-order valence-corrected chi connectivity index (χ0v) is 9.06. The molecule has 72 valence electrons. The summed E-state index contributed by atoms with van der Waals surface area (Å²) in [6.45, 7) is 2.21. The van der Waals surface area contributed by atoms with Crippen LogP contribution in [0.5, 0.6) is 5.75 Å². The van der Waals surface area contributed by atoms with E-state index < -0.39 is 0 Å². The smallest absolute Gasteiger partial charge is 0.132 e. The maximum Gasteiger partial charge on any atom is 0.132 e. The third-order valence-corrected chi connectivity index (χ3v) is 2.97. The summed E-state index contributed by atoms with van der Waals surface area (Å²) >= 11 is 1.87. The van der Waals surface area contributed by atoms with Crippen LogP contribution in [0, 0.1) is 0 Å². The fraction of sp³-hybridized carbons (Fsp3) is 0.455. The average Bonchev–Trinajstić information content (AvgIpc) is 2.19. The molecule has 0 N–H and O–H groups in total. The van der Waals surface area contributed by atoms with Gasteiger partial charge in [0.25, 0.3) is 0 Å². The zero-order chi connectivity index (χ0) is 9.52. The lowest BCUT2D eigenvalue weighted by atomic mass is 10.3. The van der Waals surface area contributed by atoms with Gasteiger partial charge in [0.1, 0.15) is 5.75 Å². The molecular formula is C11H16OS. The number of hydrogen-bond donors (Lipinski definition) is 0. The Hall–Kier alpha value is -0.630. The molecule has 0 atom stereocenters. The van der Waals surface area contributed by atoms with Crippen molar-refractivity contribution in [3.8, 4) is 5.75 Å². The minimum absolute atomic E-state index is 0.989. The number of unbranched alkanes of at least 4 members (excludes halogenated alkanes) is 1. The van der Waals surface area contributed by atoms with Crippen molar-refractivity contribution < 1.29 is 4.74 Å². The number of hydrogen-bond acceptors (Lipinski definition) is 2. The molecule has 0 radical (unpaired) electrons. The maximum atomic E-state index is 5.26. The molecule has 0 saturated carbocycles. The summed E-state index contributed by atoms with van der Waals surface area (Å²) in [5.74, 6) is 2.17. The Morgan fingerprint density at radius 2 is 2.08 bits per heavy atom. The molecule has 1 nitrogen and oxygen atoms in total. The van der Waals surface area contributed by atoms with Crippen molar-refractivity contribution in [1.82, 2.24) is 0 Å². The lowest BCUT2D eigenvalue weighted by molar-refractivity contribution is 0.405. The van der Waals surface area contributed by atoms with E-state index in [9.17, 15) is 0 Å². The predicted molar refractivity (Wildman–Crippen MR) is 58.6 cm³/mol. The highest BCUT2D eigenvalue weighted by molar-refractivity contribution is 7.99. The van der Waals surface area contributed by atoms with E-state index in [1.807, 2.05) is 23.9 Å². The molecule has 0 bridgehead atoms. The molecule has 0 saturated heterocycles. The van der Waals surface area contributed by atoms with Crippen LogP contribution in [-0.4, -0.2) is 12.9 Å². The number of rotatable bonds is 5. The molecule has 0 heterocycles. The first kappa shape index (κ1) is 10.5. The molecule has 0 unspecified atom stereocenters. The molecule has 0 aliphatic heterocycles. The molecule has 2 heteroatoms. The van der Waals surface area contributed by atoms with Gasteiger partial charge in [-0.05, 0) is 24.3 Å². The first-order chi connectivity index (χ1) is 6.38. The molecule has 0 fully saturated rings. The normalized spacial score (nSPS) is 10.0. The molecule has 13 heavy (non-hydrogen) atoms. The molecular weight excluding hydrogens is 180 g/mol. The average molecular weight is 196 g/mol. The number of benzene rings is 1. The third-order valence-electron chi connectivity index (χ3n) is 1.82. The minimum atomic E-state index is 0.989. The topological polar surface area (TPSA) is 9.23 Å². The van der Waals surface area contributed by atoms with Crippen LogP contribution in [-0.2, 0) is 0 Å². The second-order valence-electron chi connectivity index (χ2n) is 2.85. The number of methoxy groups -OCH3 is 1. The van der Waals surface area contributed by atoms with Gasteiger partial charge in [-0.2, -0.15) is 0 Å². The molecule has 0 spiro atoms. The molecule has 0 amide bonds. The molecule has 1 aromatic carbocycles. The van der Waals surface area contributed by atoms with E-state index in [1.54, 1.807) is 7.11 Å². The van der Waals surface area contributed by atoms with E-state index in [1.165, 1.54) is 23.5 Å². The lowest BCUT2D eigenvalue weighted by Crippen LogP contribution is -1.86. The van der Waals surface area contributed by atoms with Gasteiger partial charge in [0.15, 0.2) is 0 Å². The van der Waals surface area contributed by atoms with Gasteiger partial charge in [-0.1, -0.05) is 25.5 Å². The van der Waals surface area contributed by atoms with Crippen molar-refractivity contribution in [3.63, 3.8) is 0 Å². The highest BCUT2D eigenvalue weighted by atomic mass is 32.2. The second-order valence-corrected chi connectivity index (χ2v) is 3.99. The number of para-hydroxylation sites is 1. The maximum absolute atomic E-state index is 5.26. The van der Waals surface area contributed by atoms with Gasteiger partial charge in [-0.3, -0.25) is 0 Å². The molecule has 0 aliphatic rings. The molecule has 0 aromatic heterocycles. The largest absolute Gasteiger partial charge is 0.496 e. The Labute approximate surface area is 84.5 Å². The number of ether oxygens (including phenoxy) is 1. The van der Waals surface area contributed by atoms with Gasteiger partial charge in [0, 0.05) is 4.90 Å². The predicted octanol–water partition coefficient (Wildman–Crippen LogP) is 3.59. The van der Waals surface area contributed by atoms with Gasteiger partial charge in [-0.15, -0.1) is 11.8 Å². The fourth-order valence-corrected chi connectivity index (χ4v) is 2.19. The van der Waals surface area contributed by atoms with Crippen molar-refractivity contribution in [2.45, 2.75) is 24.7 Å². The third kappa shape index (κ3) is 3.31. The molecule has 1 rings (SSSR count). The van der Waals surface area contributed by atoms with E-state index in [0.29, 0.717) is 0 Å². The van der Waals surface area contributed by atoms with Crippen LogP contribution >= 0.6 is 11.8 Å². The summed E-state index contributed by atoms with van der Waals surface area (Å²) in [5.41, 5.74) is 0. The van der Waals surface area contributed by atoms with Gasteiger partial charge >= 0.3 is 0 Å². The Bertz CT molecular complexity index is 248. The Kier molecular flexibility index (Phi) is 4.76. The monoisotopic (exact) mass is 196 g/mol. The van der Waals surface area contributed by atoms with Crippen molar-refractivity contribution >= 4 is 11.8 Å². The van der Waals surface area contributed by atoms with Crippen LogP contribution in [0.1, 0.15) is 19.8 Å². The summed E-state index contributed by atoms with van der Waals surface area (Å²) < 4.78 is 5.26. The quantitative estimate of drug-likeness (QED) is 0.526. The highest BCUT2D eigenvalue weighted by Crippen LogP contribution is 2.29. The SMILES string of the molecule is CCCCSc1ccccc1OC. The van der Waals surface area contributed by atoms with E-state index in [4.69, 9.17) is 4.74 Å². The minimum Gasteiger partial charge on any atom is -0.496 e. The van der Waals surface area contributed by atoms with E-state index in [-0.39, 0.29) is 0 Å². The van der Waals surface area contributed by atoms with E-state index >= 15 is 0 Å². The van der Waals surface area contributed by atoms with Crippen molar-refractivity contribution in [1.29, 1.82) is 0 Å². The standard InChI is InChI=1S/C11H16OS/c1-3-4-9-13-11-8-6-5-7-10(11)12-2/h5-8H,3-4,9H2,1-2H3. The van der Waals surface area contributed by atoms with E-state index in [0.717, 1.165) is 5.75 Å². The summed E-state index contributed by atoms with van der Waals surface area (Å²) in [7, 11) is 1.72. The molecule has 1 aromatic rings. The number of thioether (sulfide) groups is 1. The van der Waals surface area contributed by atoms with Crippen molar-refractivity contribution in [2.75, 3.05) is 12.9 Å². The van der Waals surface area contributed by atoms with Crippen molar-refractivity contribution in [3.05, 3.63) is 24.3 Å². The van der Waals surface area contributed by atoms with Crippen LogP contribution in [0.25, 0.3) is 0 Å². The van der Waals surface area contributed by atoms with Gasteiger partial charge in [0.2, 0.25) is 0 Å². The lowest BCUT2D eigenvalue weighted by Gasteiger charge is -2.06. The van der Waals surface area contributed by atoms with Crippen LogP contribution < -0.4 is 4.74 Å². The first-order valence-corrected chi connectivity index (χ1v) is 5.63. The Morgan fingerprint density at radius 1 is 1.31 bits per heavy atom. The van der Waals surface area contributed by atoms with Crippen LogP contribution in [0.15, 0.2) is 29.2 Å². The zero-order valence-electron chi connectivity index (χ0n) is 8.25. The second kappa shape index (κ2) is 5.92. The fourth-order valence-electron chi connectivity index (χ4n) is 1.06. The van der Waals surface area contributed by atoms with E-state index in [2.05, 4.69) is 19.1 Å². The van der Waals surface area contributed by atoms with Crippen LogP contribution in [0.3, 0.4) is 0 Å². The van der Waals surface area contributed by atoms with Gasteiger partial charge in [-0.25, -0.2) is 0 Å². The highest BCUT2D eigenvalue weighted by Gasteiger charge is 2.00. The summed E-state index contributed by atoms with van der Waals surface area (Å²) in [6.07, 6.45) is 2.52. The molecule has 0 aliphatic carbocycles. The van der Waals surface area contributed by atoms with Gasteiger partial charge in [0.05, 0.1) is 7.11 Å².